The average molecular weight is 949 g/mol. The first-order valence-electron chi connectivity index (χ1n) is 9.92. The highest BCUT2D eigenvalue weighted by Crippen LogP contribution is 2.37. The fourth-order valence-corrected chi connectivity index (χ4v) is 50.6. The van der Waals surface area contributed by atoms with Gasteiger partial charge in [0.05, 0.1) is 0 Å². The van der Waals surface area contributed by atoms with Crippen molar-refractivity contribution in [2.24, 2.45) is 0 Å². The Morgan fingerprint density at radius 1 is 0.463 bits per heavy atom. The van der Waals surface area contributed by atoms with Gasteiger partial charge in [-0.05, 0) is 23.8 Å². The fourth-order valence-electron chi connectivity index (χ4n) is 2.85. The van der Waals surface area contributed by atoms with Gasteiger partial charge in [-0.2, -0.15) is 0 Å². The first-order valence-corrected chi connectivity index (χ1v) is 37.4. The van der Waals surface area contributed by atoms with Gasteiger partial charge >= 0.3 is 0 Å². The molecule has 0 atom stereocenters. The van der Waals surface area contributed by atoms with Crippen LogP contribution in [0.1, 0.15) is 0 Å². The first-order chi connectivity index (χ1) is 20.2. The van der Waals surface area contributed by atoms with Crippen molar-refractivity contribution in [3.8, 4) is 11.1 Å². The lowest BCUT2D eigenvalue weighted by Gasteiger charge is -2.05. The Labute approximate surface area is 306 Å². The zero-order valence-electron chi connectivity index (χ0n) is 19.4. The molecular weight excluding hydrogens is 936 g/mol. The summed E-state index contributed by atoms with van der Waals surface area (Å²) in [6.45, 7) is 0. The van der Waals surface area contributed by atoms with Crippen molar-refractivity contribution in [3.05, 3.63) is 66.7 Å². The van der Waals surface area contributed by atoms with Gasteiger partial charge in [-0.3, -0.25) is 0 Å². The Morgan fingerprint density at radius 3 is 1.41 bits per heavy atom. The molecular formula is C18H13NS22. The van der Waals surface area contributed by atoms with E-state index in [1.165, 1.54) is 43.5 Å². The van der Waals surface area contributed by atoms with Crippen LogP contribution in [0.25, 0.3) is 31.3 Å². The van der Waals surface area contributed by atoms with Gasteiger partial charge in [0, 0.05) is 223 Å². The summed E-state index contributed by atoms with van der Waals surface area (Å²) in [5, 5.41) is 2.66. The first kappa shape index (κ1) is 37.8. The van der Waals surface area contributed by atoms with E-state index in [0.29, 0.717) is 0 Å². The molecule has 0 radical (unpaired) electrons. The van der Waals surface area contributed by atoms with Crippen LogP contribution >= 0.6 is 11.3 Å². The highest BCUT2D eigenvalue weighted by molar-refractivity contribution is 8.78. The number of rotatable bonds is 1. The number of hydrogen-bond acceptors (Lipinski definition) is 4. The predicted molar refractivity (Wildman–Crippen MR) is 244 cm³/mol. The van der Waals surface area contributed by atoms with Crippen molar-refractivity contribution in [1.82, 2.24) is 0 Å². The molecule has 222 valence electrons. The number of fused-ring (bicyclic) bond motifs is 3. The molecule has 1 aromatic heterocycles. The lowest BCUT2D eigenvalue weighted by Crippen LogP contribution is -1.88. The number of anilines is 1. The van der Waals surface area contributed by atoms with Crippen molar-refractivity contribution in [2.45, 2.75) is 0 Å². The van der Waals surface area contributed by atoms with Crippen LogP contribution in [0.15, 0.2) is 66.7 Å². The Bertz CT molecular complexity index is 2320. The van der Waals surface area contributed by atoms with E-state index in [2.05, 4.69) is 48.5 Å². The molecule has 2 N–H and O–H groups in total. The molecule has 1 heterocycles. The van der Waals surface area contributed by atoms with Crippen LogP contribution in [0.2, 0.25) is 0 Å². The molecule has 0 spiro atoms. The van der Waals surface area contributed by atoms with Crippen molar-refractivity contribution >= 4 is 228 Å². The molecule has 0 aliphatic heterocycles. The van der Waals surface area contributed by atoms with Gasteiger partial charge in [-0.25, -0.2) is 0 Å². The van der Waals surface area contributed by atoms with E-state index in [-0.39, 0.29) is 0 Å². The Morgan fingerprint density at radius 2 is 0.902 bits per heavy atom. The number of para-hydroxylation sites is 1. The molecule has 0 saturated carbocycles. The SMILES string of the molecule is Nc1ccccc1-c1ccc2c(c1)sc1ccccc12.S=S=S=S=S=S=S=S=S=S=S=S=S=S=S=S=S=S=S=S=S. The minimum atomic E-state index is 0.827. The molecule has 3 aromatic carbocycles. The van der Waals surface area contributed by atoms with Crippen LogP contribution in [0.4, 0.5) is 5.69 Å². The average Bonchev–Trinajstić information content (AvgIpc) is 3.37. The maximum absolute atomic E-state index is 6.08. The molecule has 0 aliphatic rings. The number of nitrogens with two attached hydrogens (primary N) is 1. The lowest BCUT2D eigenvalue weighted by molar-refractivity contribution is 1.64. The van der Waals surface area contributed by atoms with E-state index in [0.717, 1.165) is 11.3 Å². The fraction of sp³-hybridized carbons (Fsp3) is 0. The molecule has 1 nitrogen and oxygen atoms in total. The van der Waals surface area contributed by atoms with Gasteiger partial charge in [0.25, 0.3) is 0 Å². The second kappa shape index (κ2) is 24.5. The standard InChI is InChI=1S/C18H13NS.S21/c19-16-7-3-1-5-13(16)12-9-10-15-14-6-2-4-8-17(14)20-18(15)11-12;1-3-5-7-9-11-13-15-17-19-21-20-18-16-14-12-10-8-6-4-2/h1-11H,19H2;. The van der Waals surface area contributed by atoms with Gasteiger partial charge < -0.3 is 5.73 Å². The number of thiophene rings is 1. The second-order valence-electron chi connectivity index (χ2n) is 6.19. The van der Waals surface area contributed by atoms with E-state index in [9.17, 15) is 0 Å². The van der Waals surface area contributed by atoms with Crippen LogP contribution in [0.5, 0.6) is 0 Å². The molecule has 0 fully saturated rings. The smallest absolute Gasteiger partial charge is 0.0393 e. The van der Waals surface area contributed by atoms with Crippen molar-refractivity contribution < 1.29 is 0 Å². The number of benzene rings is 3. The largest absolute Gasteiger partial charge is 0.398 e. The van der Waals surface area contributed by atoms with Gasteiger partial charge in [-0.15, -0.1) is 11.3 Å². The normalized spacial score (nSPS) is 9.27. The maximum Gasteiger partial charge on any atom is 0.0393 e. The summed E-state index contributed by atoms with van der Waals surface area (Å²) >= 11 is 11.4. The highest BCUT2D eigenvalue weighted by Gasteiger charge is 2.07. The van der Waals surface area contributed by atoms with E-state index < -0.39 is 0 Å². The summed E-state index contributed by atoms with van der Waals surface area (Å²) in [5.74, 6) is 0. The van der Waals surface area contributed by atoms with E-state index >= 15 is 0 Å². The van der Waals surface area contributed by atoms with Gasteiger partial charge in [-0.1, -0.05) is 48.5 Å². The zero-order valence-corrected chi connectivity index (χ0v) is 37.4. The summed E-state index contributed by atoms with van der Waals surface area (Å²) in [6, 6.07) is 23.2. The highest BCUT2D eigenvalue weighted by atomic mass is 33.5. The summed E-state index contributed by atoms with van der Waals surface area (Å²) in [4.78, 5) is 0. The molecule has 0 aliphatic carbocycles. The third-order valence-corrected chi connectivity index (χ3v) is 45.3. The maximum atomic E-state index is 6.08. The van der Waals surface area contributed by atoms with Crippen LogP contribution < -0.4 is 5.73 Å². The molecule has 41 heavy (non-hydrogen) atoms. The summed E-state index contributed by atoms with van der Waals surface area (Å²) < 4.78 is 2.65. The quantitative estimate of drug-likeness (QED) is 0.265. The van der Waals surface area contributed by atoms with Crippen molar-refractivity contribution in [2.75, 3.05) is 5.73 Å². The van der Waals surface area contributed by atoms with E-state index in [1.54, 1.807) is 151 Å². The van der Waals surface area contributed by atoms with Crippen LogP contribution in [-0.2, 0) is 191 Å². The third kappa shape index (κ3) is 15.2. The number of hydrogen-bond donors (Lipinski definition) is 1. The summed E-state index contributed by atoms with van der Waals surface area (Å²) in [7, 11) is 32.6. The summed E-state index contributed by atoms with van der Waals surface area (Å²) in [6.07, 6.45) is 0. The third-order valence-electron chi connectivity index (χ3n) is 4.15. The monoisotopic (exact) mass is 946 g/mol. The minimum Gasteiger partial charge on any atom is -0.398 e. The van der Waals surface area contributed by atoms with E-state index in [4.69, 9.17) is 28.1 Å². The van der Waals surface area contributed by atoms with Gasteiger partial charge in [0.2, 0.25) is 0 Å². The van der Waals surface area contributed by atoms with Crippen LogP contribution in [0.3, 0.4) is 0 Å². The minimum absolute atomic E-state index is 0.827. The van der Waals surface area contributed by atoms with Crippen LogP contribution in [0, 0.1) is 0 Å². The number of nitrogen functional groups attached to an aromatic ring is 1. The van der Waals surface area contributed by atoms with Gasteiger partial charge in [0.15, 0.2) is 0 Å². The molecule has 0 saturated heterocycles. The topological polar surface area (TPSA) is 26.0 Å². The van der Waals surface area contributed by atoms with Crippen molar-refractivity contribution in [3.63, 3.8) is 0 Å². The van der Waals surface area contributed by atoms with Crippen LogP contribution in [-0.4, -0.2) is 0 Å². The molecule has 0 unspecified atom stereocenters. The van der Waals surface area contributed by atoms with Crippen molar-refractivity contribution in [1.29, 1.82) is 0 Å². The van der Waals surface area contributed by atoms with E-state index in [1.807, 2.05) is 29.5 Å². The lowest BCUT2D eigenvalue weighted by atomic mass is 10.0. The van der Waals surface area contributed by atoms with Gasteiger partial charge in [0.1, 0.15) is 0 Å². The molecule has 23 heteroatoms. The molecule has 4 rings (SSSR count). The second-order valence-corrected chi connectivity index (χ2v) is 40.9. The molecule has 0 bridgehead atoms. The Hall–Kier alpha value is 2.30. The summed E-state index contributed by atoms with van der Waals surface area (Å²) in [5.41, 5.74) is 9.19. The molecule has 0 amide bonds. The zero-order chi connectivity index (χ0) is 29.0. The molecule has 4 aromatic rings. The Balaban J connectivity index is 0.000000225. The predicted octanol–water partition coefficient (Wildman–Crippen LogP) is 5.25. The Kier molecular flexibility index (Phi) is 22.5.